The van der Waals surface area contributed by atoms with E-state index >= 15 is 0 Å². The maximum absolute atomic E-state index is 11.9. The second kappa shape index (κ2) is 5.48. The topological polar surface area (TPSA) is 87.2 Å². The van der Waals surface area contributed by atoms with Crippen LogP contribution in [0.4, 0.5) is 0 Å². The van der Waals surface area contributed by atoms with Crippen LogP contribution >= 0.6 is 0 Å². The molecule has 1 unspecified atom stereocenters. The Labute approximate surface area is 109 Å². The van der Waals surface area contributed by atoms with Crippen molar-refractivity contribution in [3.8, 4) is 0 Å². The molecule has 0 aliphatic carbocycles. The van der Waals surface area contributed by atoms with Gasteiger partial charge in [-0.1, -0.05) is 18.2 Å². The number of carbonyl (C=O) groups is 3. The number of nitrogens with one attached hydrogen (secondary N) is 1. The minimum Gasteiger partial charge on any atom is -0.481 e. The quantitative estimate of drug-likeness (QED) is 0.609. The van der Waals surface area contributed by atoms with E-state index in [-0.39, 0.29) is 12.8 Å². The Morgan fingerprint density at radius 1 is 1.32 bits per heavy atom. The maximum Gasteiger partial charge on any atom is 0.314 e. The number of aromatic amines is 1. The minimum atomic E-state index is -1.26. The van der Waals surface area contributed by atoms with Gasteiger partial charge in [0.05, 0.1) is 0 Å². The van der Waals surface area contributed by atoms with Crippen molar-refractivity contribution in [1.82, 2.24) is 4.98 Å². The van der Waals surface area contributed by atoms with Gasteiger partial charge in [0.2, 0.25) is 0 Å². The normalized spacial score (nSPS) is 12.2. The van der Waals surface area contributed by atoms with Crippen molar-refractivity contribution in [2.45, 2.75) is 12.8 Å². The van der Waals surface area contributed by atoms with E-state index in [0.717, 1.165) is 16.5 Å². The first kappa shape index (κ1) is 13.0. The van der Waals surface area contributed by atoms with Crippen molar-refractivity contribution in [3.05, 3.63) is 36.0 Å². The van der Waals surface area contributed by atoms with Crippen molar-refractivity contribution in [2.24, 2.45) is 5.92 Å². The van der Waals surface area contributed by atoms with Crippen LogP contribution in [0.15, 0.2) is 30.5 Å². The van der Waals surface area contributed by atoms with Crippen LogP contribution in [-0.2, 0) is 20.8 Å². The Bertz CT molecular complexity index is 629. The van der Waals surface area contributed by atoms with Gasteiger partial charge in [-0.25, -0.2) is 0 Å². The van der Waals surface area contributed by atoms with Gasteiger partial charge in [0, 0.05) is 29.9 Å². The number of aromatic nitrogens is 1. The molecule has 5 nitrogen and oxygen atoms in total. The molecule has 0 bridgehead atoms. The third-order valence-electron chi connectivity index (χ3n) is 3.06. The number of hydrogen-bond donors (Lipinski definition) is 2. The molecule has 1 heterocycles. The molecule has 1 atom stereocenters. The first-order valence-electron chi connectivity index (χ1n) is 5.87. The lowest BCUT2D eigenvalue weighted by Gasteiger charge is -2.07. The number of hydrogen-bond acceptors (Lipinski definition) is 3. The predicted molar refractivity (Wildman–Crippen MR) is 68.8 cm³/mol. The fourth-order valence-corrected chi connectivity index (χ4v) is 2.05. The fraction of sp³-hybridized carbons (Fsp3) is 0.214. The van der Waals surface area contributed by atoms with Crippen LogP contribution in [0.3, 0.4) is 0 Å². The fourth-order valence-electron chi connectivity index (χ4n) is 2.05. The smallest absolute Gasteiger partial charge is 0.314 e. The summed E-state index contributed by atoms with van der Waals surface area (Å²) >= 11 is 0. The molecule has 5 heteroatoms. The second-order valence-electron chi connectivity index (χ2n) is 4.30. The first-order valence-corrected chi connectivity index (χ1v) is 5.87. The number of H-pyrrole nitrogens is 1. The second-order valence-corrected chi connectivity index (χ2v) is 4.30. The average Bonchev–Trinajstić information content (AvgIpc) is 2.79. The monoisotopic (exact) mass is 259 g/mol. The highest BCUT2D eigenvalue weighted by molar-refractivity contribution is 6.02. The molecule has 0 aliphatic heterocycles. The van der Waals surface area contributed by atoms with Crippen LogP contribution in [0, 0.1) is 5.92 Å². The lowest BCUT2D eigenvalue weighted by atomic mass is 9.95. The lowest BCUT2D eigenvalue weighted by Crippen LogP contribution is -2.25. The molecule has 19 heavy (non-hydrogen) atoms. The number of carboxylic acid groups (broad SMARTS) is 1. The molecule has 0 saturated carbocycles. The van der Waals surface area contributed by atoms with Gasteiger partial charge in [-0.05, 0) is 11.6 Å². The van der Waals surface area contributed by atoms with Crippen LogP contribution in [0.1, 0.15) is 12.0 Å². The average molecular weight is 259 g/mol. The molecule has 0 fully saturated rings. The molecule has 0 radical (unpaired) electrons. The lowest BCUT2D eigenvalue weighted by molar-refractivity contribution is -0.147. The van der Waals surface area contributed by atoms with Gasteiger partial charge in [-0.3, -0.25) is 9.59 Å². The zero-order valence-electron chi connectivity index (χ0n) is 10.1. The summed E-state index contributed by atoms with van der Waals surface area (Å²) in [6.45, 7) is 0. The van der Waals surface area contributed by atoms with Crippen LogP contribution in [0.2, 0.25) is 0 Å². The van der Waals surface area contributed by atoms with Crippen LogP contribution in [-0.4, -0.2) is 28.1 Å². The summed E-state index contributed by atoms with van der Waals surface area (Å²) in [5, 5.41) is 9.82. The Morgan fingerprint density at radius 3 is 2.74 bits per heavy atom. The zero-order chi connectivity index (χ0) is 13.8. The number of Topliss-reactive ketones (excluding diaryl/α,β-unsaturated/α-hetero) is 1. The zero-order valence-corrected chi connectivity index (χ0v) is 10.1. The molecular formula is C14H13NO4. The van der Waals surface area contributed by atoms with Crippen molar-refractivity contribution >= 4 is 28.9 Å². The van der Waals surface area contributed by atoms with E-state index < -0.39 is 17.7 Å². The molecule has 0 amide bonds. The molecule has 2 N–H and O–H groups in total. The standard InChI is InChI=1S/C14H13NO4/c16-6-5-11(14(18)19)13(17)7-9-8-15-12-4-2-1-3-10(9)12/h1-4,6,8,11,15H,5,7H2,(H,18,19). The van der Waals surface area contributed by atoms with Crippen molar-refractivity contribution in [3.63, 3.8) is 0 Å². The number of ketones is 1. The summed E-state index contributed by atoms with van der Waals surface area (Å²) in [6, 6.07) is 7.47. The Kier molecular flexibility index (Phi) is 3.75. The van der Waals surface area contributed by atoms with E-state index in [9.17, 15) is 14.4 Å². The summed E-state index contributed by atoms with van der Waals surface area (Å²) in [5.74, 6) is -2.97. The number of carbonyl (C=O) groups excluding carboxylic acids is 2. The molecule has 1 aromatic heterocycles. The number of aliphatic carboxylic acids is 1. The van der Waals surface area contributed by atoms with Crippen LogP contribution in [0.25, 0.3) is 10.9 Å². The number of para-hydroxylation sites is 1. The third kappa shape index (κ3) is 2.70. The molecule has 2 aromatic rings. The van der Waals surface area contributed by atoms with Gasteiger partial charge < -0.3 is 14.9 Å². The molecule has 0 aliphatic rings. The largest absolute Gasteiger partial charge is 0.481 e. The first-order chi connectivity index (χ1) is 9.13. The third-order valence-corrected chi connectivity index (χ3v) is 3.06. The van der Waals surface area contributed by atoms with E-state index in [1.54, 1.807) is 6.20 Å². The SMILES string of the molecule is O=CCC(C(=O)O)C(=O)Cc1c[nH]c2ccccc12. The van der Waals surface area contributed by atoms with Crippen LogP contribution < -0.4 is 0 Å². The predicted octanol–water partition coefficient (Wildman–Crippen LogP) is 1.57. The Hall–Kier alpha value is -2.43. The molecule has 0 spiro atoms. The number of fused-ring (bicyclic) bond motifs is 1. The molecule has 2 rings (SSSR count). The van der Waals surface area contributed by atoms with E-state index in [2.05, 4.69) is 4.98 Å². The summed E-state index contributed by atoms with van der Waals surface area (Å²) < 4.78 is 0. The van der Waals surface area contributed by atoms with Crippen LogP contribution in [0.5, 0.6) is 0 Å². The minimum absolute atomic E-state index is 0.00875. The summed E-state index contributed by atoms with van der Waals surface area (Å²) in [5.41, 5.74) is 1.64. The van der Waals surface area contributed by atoms with E-state index in [4.69, 9.17) is 5.11 Å². The van der Waals surface area contributed by atoms with Gasteiger partial charge in [0.25, 0.3) is 0 Å². The molecule has 98 valence electrons. The van der Waals surface area contributed by atoms with E-state index in [1.807, 2.05) is 24.3 Å². The summed E-state index contributed by atoms with van der Waals surface area (Å²) in [6.07, 6.45) is 1.89. The Balaban J connectivity index is 2.22. The van der Waals surface area contributed by atoms with Crippen molar-refractivity contribution in [1.29, 1.82) is 0 Å². The van der Waals surface area contributed by atoms with Gasteiger partial charge in [-0.2, -0.15) is 0 Å². The van der Waals surface area contributed by atoms with E-state index in [1.165, 1.54) is 0 Å². The highest BCUT2D eigenvalue weighted by Gasteiger charge is 2.26. The highest BCUT2D eigenvalue weighted by atomic mass is 16.4. The maximum atomic E-state index is 11.9. The van der Waals surface area contributed by atoms with Gasteiger partial charge in [0.15, 0.2) is 5.78 Å². The summed E-state index contributed by atoms with van der Waals surface area (Å²) in [4.78, 5) is 36.3. The molecule has 1 aromatic carbocycles. The molecular weight excluding hydrogens is 246 g/mol. The number of rotatable bonds is 6. The van der Waals surface area contributed by atoms with Crippen molar-refractivity contribution < 1.29 is 19.5 Å². The van der Waals surface area contributed by atoms with Gasteiger partial charge >= 0.3 is 5.97 Å². The van der Waals surface area contributed by atoms with Gasteiger partial charge in [0.1, 0.15) is 12.2 Å². The number of carboxylic acids is 1. The van der Waals surface area contributed by atoms with E-state index in [0.29, 0.717) is 6.29 Å². The van der Waals surface area contributed by atoms with Crippen molar-refractivity contribution in [2.75, 3.05) is 0 Å². The van der Waals surface area contributed by atoms with Gasteiger partial charge in [-0.15, -0.1) is 0 Å². The highest BCUT2D eigenvalue weighted by Crippen LogP contribution is 2.20. The molecule has 0 saturated heterocycles. The Morgan fingerprint density at radius 2 is 2.05 bits per heavy atom. The number of benzene rings is 1. The summed E-state index contributed by atoms with van der Waals surface area (Å²) in [7, 11) is 0. The number of aldehydes is 1.